The zero-order valence-electron chi connectivity index (χ0n) is 19.2. The van der Waals surface area contributed by atoms with Gasteiger partial charge in [0, 0.05) is 10.6 Å². The molecule has 0 saturated heterocycles. The number of guanidine groups is 1. The maximum Gasteiger partial charge on any atom is 0.376 e. The monoisotopic (exact) mass is 497 g/mol. The minimum Gasteiger partial charge on any atom is -0.460 e. The molecule has 36 heavy (non-hydrogen) atoms. The number of carbonyl (C=O) groups excluding carboxylic acids is 1. The Morgan fingerprint density at radius 2 is 1.69 bits per heavy atom. The molecule has 178 valence electrons. The number of hydrogen-bond donors (Lipinski definition) is 0. The molecule has 0 bridgehead atoms. The molecule has 0 spiro atoms. The van der Waals surface area contributed by atoms with Gasteiger partial charge in [0.05, 0.1) is 23.9 Å². The van der Waals surface area contributed by atoms with Gasteiger partial charge in [0.2, 0.25) is 11.8 Å². The highest BCUT2D eigenvalue weighted by Gasteiger charge is 2.47. The molecule has 6 rings (SSSR count). The van der Waals surface area contributed by atoms with E-state index in [4.69, 9.17) is 25.9 Å². The molecular formula is C27H20ClN5O3. The van der Waals surface area contributed by atoms with E-state index in [1.807, 2.05) is 84.9 Å². The number of halogens is 1. The first-order valence-corrected chi connectivity index (χ1v) is 11.8. The average Bonchev–Trinajstić information content (AvgIpc) is 3.51. The van der Waals surface area contributed by atoms with Crippen LogP contribution in [0.25, 0.3) is 11.3 Å². The van der Waals surface area contributed by atoms with E-state index in [0.29, 0.717) is 22.6 Å². The van der Waals surface area contributed by atoms with Gasteiger partial charge >= 0.3 is 5.97 Å². The number of hydrazone groups is 1. The van der Waals surface area contributed by atoms with Crippen LogP contribution in [0.15, 0.2) is 99.5 Å². The van der Waals surface area contributed by atoms with Crippen molar-refractivity contribution in [2.45, 2.75) is 13.0 Å². The van der Waals surface area contributed by atoms with E-state index < -0.39 is 12.0 Å². The number of ether oxygens (including phenoxy) is 1. The molecule has 1 aromatic heterocycles. The number of aromatic nitrogens is 1. The van der Waals surface area contributed by atoms with Crippen molar-refractivity contribution in [2.75, 3.05) is 11.6 Å². The quantitative estimate of drug-likeness (QED) is 0.325. The van der Waals surface area contributed by atoms with Gasteiger partial charge in [-0.2, -0.15) is 10.0 Å². The molecule has 0 fully saturated rings. The van der Waals surface area contributed by atoms with Gasteiger partial charge in [-0.15, -0.1) is 5.10 Å². The summed E-state index contributed by atoms with van der Waals surface area (Å²) >= 11 is 6.22. The predicted molar refractivity (Wildman–Crippen MR) is 137 cm³/mol. The number of benzene rings is 3. The summed E-state index contributed by atoms with van der Waals surface area (Å²) in [4.78, 5) is 19.7. The van der Waals surface area contributed by atoms with Gasteiger partial charge in [-0.05, 0) is 36.8 Å². The van der Waals surface area contributed by atoms with Crippen molar-refractivity contribution in [3.8, 4) is 11.3 Å². The van der Waals surface area contributed by atoms with Gasteiger partial charge in [-0.3, -0.25) is 4.90 Å². The molecule has 1 unspecified atom stereocenters. The van der Waals surface area contributed by atoms with Crippen LogP contribution in [0.3, 0.4) is 0 Å². The number of carbonyl (C=O) groups is 1. The average molecular weight is 498 g/mol. The molecule has 1 atom stereocenters. The molecule has 4 aromatic rings. The lowest BCUT2D eigenvalue weighted by molar-refractivity contribution is -0.135. The molecule has 2 aliphatic heterocycles. The number of amidine groups is 1. The number of para-hydroxylation sites is 1. The van der Waals surface area contributed by atoms with Gasteiger partial charge in [-0.25, -0.2) is 4.79 Å². The SMILES string of the molecule is CCOC(=O)C1=NN(c2ccccc2)C2=Nc3onc(-c4ccccc4)c3C(c3ccc(Cl)cc3)N12. The molecule has 0 saturated carbocycles. The fourth-order valence-corrected chi connectivity index (χ4v) is 4.53. The van der Waals surface area contributed by atoms with Crippen molar-refractivity contribution in [3.63, 3.8) is 0 Å². The summed E-state index contributed by atoms with van der Waals surface area (Å²) in [5.41, 5.74) is 3.82. The molecule has 8 nitrogen and oxygen atoms in total. The highest BCUT2D eigenvalue weighted by atomic mass is 35.5. The number of rotatable bonds is 5. The molecule has 0 amide bonds. The smallest absolute Gasteiger partial charge is 0.376 e. The lowest BCUT2D eigenvalue weighted by Crippen LogP contribution is -2.45. The number of esters is 1. The Labute approximate surface area is 212 Å². The highest BCUT2D eigenvalue weighted by molar-refractivity contribution is 6.41. The number of hydrogen-bond acceptors (Lipinski definition) is 8. The number of anilines is 1. The van der Waals surface area contributed by atoms with Gasteiger partial charge < -0.3 is 9.26 Å². The van der Waals surface area contributed by atoms with Gasteiger partial charge in [0.25, 0.3) is 5.88 Å². The molecule has 2 aliphatic rings. The first kappa shape index (κ1) is 22.1. The lowest BCUT2D eigenvalue weighted by atomic mass is 9.93. The van der Waals surface area contributed by atoms with Crippen LogP contribution >= 0.6 is 11.6 Å². The number of fused-ring (bicyclic) bond motifs is 2. The topological polar surface area (TPSA) is 83.5 Å². The minimum atomic E-state index is -0.552. The Bertz CT molecular complexity index is 1480. The third-order valence-electron chi connectivity index (χ3n) is 5.96. The van der Waals surface area contributed by atoms with E-state index in [1.54, 1.807) is 16.8 Å². The van der Waals surface area contributed by atoms with Crippen molar-refractivity contribution < 1.29 is 14.1 Å². The molecule has 9 heteroatoms. The molecular weight excluding hydrogens is 478 g/mol. The second kappa shape index (κ2) is 8.98. The van der Waals surface area contributed by atoms with Crippen LogP contribution in [0.2, 0.25) is 5.02 Å². The second-order valence-corrected chi connectivity index (χ2v) is 8.58. The van der Waals surface area contributed by atoms with E-state index in [-0.39, 0.29) is 12.4 Å². The van der Waals surface area contributed by atoms with E-state index in [0.717, 1.165) is 22.4 Å². The van der Waals surface area contributed by atoms with E-state index in [9.17, 15) is 4.79 Å². The summed E-state index contributed by atoms with van der Waals surface area (Å²) in [6, 6.07) is 26.1. The van der Waals surface area contributed by atoms with E-state index in [1.165, 1.54) is 0 Å². The summed E-state index contributed by atoms with van der Waals surface area (Å²) in [6.45, 7) is 1.97. The normalized spacial score (nSPS) is 16.2. The number of aliphatic imine (C=N–C) groups is 1. The van der Waals surface area contributed by atoms with Gasteiger partial charge in [0.1, 0.15) is 5.69 Å². The van der Waals surface area contributed by atoms with Crippen molar-refractivity contribution >= 4 is 40.9 Å². The maximum absolute atomic E-state index is 13.2. The van der Waals surface area contributed by atoms with Gasteiger partial charge in [-0.1, -0.05) is 77.4 Å². The van der Waals surface area contributed by atoms with Crippen molar-refractivity contribution in [1.29, 1.82) is 0 Å². The standard InChI is InChI=1S/C27H20ClN5O3/c1-2-35-26(34)24-30-33(20-11-7-4-8-12-20)27-29-25-21(22(31-36-25)17-9-5-3-6-10-17)23(32(24)27)18-13-15-19(28)16-14-18/h3-16,23H,2H2,1H3. The van der Waals surface area contributed by atoms with Crippen LogP contribution in [-0.4, -0.2) is 34.4 Å². The summed E-state index contributed by atoms with van der Waals surface area (Å²) in [7, 11) is 0. The fourth-order valence-electron chi connectivity index (χ4n) is 4.40. The number of nitrogens with zero attached hydrogens (tertiary/aromatic N) is 5. The van der Waals surface area contributed by atoms with Gasteiger partial charge in [0.15, 0.2) is 0 Å². The zero-order chi connectivity index (χ0) is 24.6. The Kier molecular flexibility index (Phi) is 5.50. The van der Waals surface area contributed by atoms with Crippen molar-refractivity contribution in [1.82, 2.24) is 10.1 Å². The molecule has 0 radical (unpaired) electrons. The zero-order valence-corrected chi connectivity index (χ0v) is 20.0. The Hall–Kier alpha value is -4.43. The highest BCUT2D eigenvalue weighted by Crippen LogP contribution is 2.47. The van der Waals surface area contributed by atoms with Crippen molar-refractivity contribution in [3.05, 3.63) is 101 Å². The Morgan fingerprint density at radius 3 is 2.39 bits per heavy atom. The third kappa shape index (κ3) is 3.63. The Morgan fingerprint density at radius 1 is 1.00 bits per heavy atom. The van der Waals surface area contributed by atoms with Crippen molar-refractivity contribution in [2.24, 2.45) is 10.1 Å². The first-order chi connectivity index (χ1) is 17.7. The molecule has 3 heterocycles. The summed E-state index contributed by atoms with van der Waals surface area (Å²) in [6.07, 6.45) is 0. The predicted octanol–water partition coefficient (Wildman–Crippen LogP) is 5.78. The minimum absolute atomic E-state index is 0.116. The van der Waals surface area contributed by atoms with Crippen LogP contribution in [0.5, 0.6) is 0 Å². The largest absolute Gasteiger partial charge is 0.460 e. The third-order valence-corrected chi connectivity index (χ3v) is 6.21. The van der Waals surface area contributed by atoms with Crippen LogP contribution in [0.4, 0.5) is 11.6 Å². The first-order valence-electron chi connectivity index (χ1n) is 11.4. The summed E-state index contributed by atoms with van der Waals surface area (Å²) in [5.74, 6) is 0.322. The molecule has 3 aromatic carbocycles. The van der Waals surface area contributed by atoms with E-state index >= 15 is 0 Å². The van der Waals surface area contributed by atoms with E-state index in [2.05, 4.69) is 10.3 Å². The summed E-state index contributed by atoms with van der Waals surface area (Å²) < 4.78 is 11.2. The van der Waals surface area contributed by atoms with Crippen LogP contribution in [0.1, 0.15) is 24.1 Å². The second-order valence-electron chi connectivity index (χ2n) is 8.14. The lowest BCUT2D eigenvalue weighted by Gasteiger charge is -2.33. The van der Waals surface area contributed by atoms with Crippen LogP contribution in [-0.2, 0) is 9.53 Å². The van der Waals surface area contributed by atoms with Crippen LogP contribution < -0.4 is 5.01 Å². The Balaban J connectivity index is 1.60. The molecule has 0 aliphatic carbocycles. The fraction of sp³-hybridized carbons (Fsp3) is 0.111. The molecule has 0 N–H and O–H groups in total. The maximum atomic E-state index is 13.2. The summed E-state index contributed by atoms with van der Waals surface area (Å²) in [5, 5.41) is 11.3. The van der Waals surface area contributed by atoms with Crippen LogP contribution in [0, 0.1) is 0 Å².